The van der Waals surface area contributed by atoms with Crippen LogP contribution in [0.5, 0.6) is 0 Å². The van der Waals surface area contributed by atoms with E-state index in [2.05, 4.69) is 15.7 Å². The lowest BCUT2D eigenvalue weighted by Crippen LogP contribution is -2.54. The molecular formula is C12H20N4O3. The number of carbonyl (C=O) groups is 2. The molecule has 0 spiro atoms. The number of urea groups is 1. The molecule has 0 aromatic carbocycles. The first kappa shape index (κ1) is 15.0. The van der Waals surface area contributed by atoms with E-state index in [1.54, 1.807) is 24.7 Å². The number of carboxylic acids is 1. The zero-order chi connectivity index (χ0) is 14.5. The summed E-state index contributed by atoms with van der Waals surface area (Å²) in [5.74, 6) is -1.03. The van der Waals surface area contributed by atoms with Crippen molar-refractivity contribution in [1.82, 2.24) is 15.1 Å². The lowest BCUT2D eigenvalue weighted by molar-refractivity contribution is -0.144. The van der Waals surface area contributed by atoms with Gasteiger partial charge in [-0.25, -0.2) is 9.59 Å². The molecular weight excluding hydrogens is 248 g/mol. The zero-order valence-corrected chi connectivity index (χ0v) is 11.4. The Morgan fingerprint density at radius 2 is 2.00 bits per heavy atom. The van der Waals surface area contributed by atoms with Crippen molar-refractivity contribution in [2.24, 2.45) is 0 Å². The van der Waals surface area contributed by atoms with Crippen molar-refractivity contribution in [3.05, 3.63) is 12.4 Å². The van der Waals surface area contributed by atoms with Crippen molar-refractivity contribution in [2.75, 3.05) is 5.32 Å². The first-order valence-electron chi connectivity index (χ1n) is 6.32. The van der Waals surface area contributed by atoms with Crippen LogP contribution in [-0.2, 0) is 11.3 Å². The van der Waals surface area contributed by atoms with Crippen LogP contribution in [0, 0.1) is 0 Å². The first-order valence-corrected chi connectivity index (χ1v) is 6.32. The van der Waals surface area contributed by atoms with Crippen LogP contribution in [0.15, 0.2) is 12.4 Å². The predicted octanol–water partition coefficient (Wildman–Crippen LogP) is 1.67. The van der Waals surface area contributed by atoms with Crippen LogP contribution in [0.4, 0.5) is 10.5 Å². The van der Waals surface area contributed by atoms with Crippen LogP contribution in [0.1, 0.15) is 33.6 Å². The molecule has 0 fully saturated rings. The molecule has 0 saturated heterocycles. The summed E-state index contributed by atoms with van der Waals surface area (Å²) in [4.78, 5) is 23.1. The molecule has 0 aliphatic heterocycles. The number of hydrogen-bond donors (Lipinski definition) is 3. The van der Waals surface area contributed by atoms with Crippen LogP contribution in [-0.4, -0.2) is 32.4 Å². The van der Waals surface area contributed by atoms with Gasteiger partial charge in [0.05, 0.1) is 11.9 Å². The van der Waals surface area contributed by atoms with Gasteiger partial charge in [0.2, 0.25) is 0 Å². The highest BCUT2D eigenvalue weighted by atomic mass is 16.4. The van der Waals surface area contributed by atoms with Crippen LogP contribution in [0.2, 0.25) is 0 Å². The molecule has 1 aromatic rings. The van der Waals surface area contributed by atoms with E-state index in [1.807, 2.05) is 6.92 Å². The average Bonchev–Trinajstić information content (AvgIpc) is 2.83. The van der Waals surface area contributed by atoms with E-state index in [0.717, 1.165) is 0 Å². The zero-order valence-electron chi connectivity index (χ0n) is 11.4. The van der Waals surface area contributed by atoms with Gasteiger partial charge in [-0.3, -0.25) is 4.68 Å². The Labute approximate surface area is 112 Å². The SMILES string of the molecule is CCn1cc(NC(=O)NC(CC)(CC)C(=O)O)cn1. The Morgan fingerprint density at radius 1 is 1.37 bits per heavy atom. The molecule has 0 radical (unpaired) electrons. The second-order valence-electron chi connectivity index (χ2n) is 4.26. The summed E-state index contributed by atoms with van der Waals surface area (Å²) in [5.41, 5.74) is -0.698. The lowest BCUT2D eigenvalue weighted by atomic mass is 9.93. The fourth-order valence-corrected chi connectivity index (χ4v) is 1.76. The van der Waals surface area contributed by atoms with Crippen LogP contribution < -0.4 is 10.6 Å². The predicted molar refractivity (Wildman–Crippen MR) is 71.0 cm³/mol. The third-order valence-electron chi connectivity index (χ3n) is 3.18. The largest absolute Gasteiger partial charge is 0.480 e. The van der Waals surface area contributed by atoms with Gasteiger partial charge in [0.25, 0.3) is 0 Å². The van der Waals surface area contributed by atoms with Crippen molar-refractivity contribution < 1.29 is 14.7 Å². The van der Waals surface area contributed by atoms with Gasteiger partial charge in [-0.15, -0.1) is 0 Å². The Kier molecular flexibility index (Phi) is 4.91. The molecule has 0 aliphatic carbocycles. The summed E-state index contributed by atoms with van der Waals surface area (Å²) in [6, 6.07) is -0.540. The standard InChI is InChI=1S/C12H20N4O3/c1-4-12(5-2,10(17)18)15-11(19)14-9-7-13-16(6-3)8-9/h7-8H,4-6H2,1-3H3,(H,17,18)(H2,14,15,19). The molecule has 106 valence electrons. The van der Waals surface area contributed by atoms with Gasteiger partial charge in [-0.1, -0.05) is 13.8 Å². The van der Waals surface area contributed by atoms with Gasteiger partial charge in [-0.2, -0.15) is 5.10 Å². The van der Waals surface area contributed by atoms with Gasteiger partial charge >= 0.3 is 12.0 Å². The molecule has 3 N–H and O–H groups in total. The van der Waals surface area contributed by atoms with E-state index >= 15 is 0 Å². The van der Waals surface area contributed by atoms with Gasteiger partial charge < -0.3 is 15.7 Å². The molecule has 0 saturated carbocycles. The second kappa shape index (κ2) is 6.21. The Bertz CT molecular complexity index is 452. The minimum absolute atomic E-state index is 0.320. The van der Waals surface area contributed by atoms with Crippen LogP contribution in [0.3, 0.4) is 0 Å². The summed E-state index contributed by atoms with van der Waals surface area (Å²) < 4.78 is 1.67. The first-order chi connectivity index (χ1) is 8.97. The summed E-state index contributed by atoms with van der Waals surface area (Å²) in [6.45, 7) is 6.09. The highest BCUT2D eigenvalue weighted by molar-refractivity contribution is 5.93. The molecule has 7 nitrogen and oxygen atoms in total. The van der Waals surface area contributed by atoms with Gasteiger partial charge in [0, 0.05) is 12.7 Å². The maximum Gasteiger partial charge on any atom is 0.329 e. The third kappa shape index (κ3) is 3.46. The molecule has 19 heavy (non-hydrogen) atoms. The number of carbonyl (C=O) groups excluding carboxylic acids is 1. The van der Waals surface area contributed by atoms with Crippen molar-refractivity contribution in [2.45, 2.75) is 45.7 Å². The number of aryl methyl sites for hydroxylation is 1. The monoisotopic (exact) mass is 268 g/mol. The van der Waals surface area contributed by atoms with E-state index in [0.29, 0.717) is 25.1 Å². The fourth-order valence-electron chi connectivity index (χ4n) is 1.76. The molecule has 1 aromatic heterocycles. The molecule has 1 heterocycles. The number of amides is 2. The minimum atomic E-state index is -1.23. The highest BCUT2D eigenvalue weighted by Gasteiger charge is 2.36. The number of anilines is 1. The van der Waals surface area contributed by atoms with Crippen molar-refractivity contribution in [3.8, 4) is 0 Å². The maximum absolute atomic E-state index is 11.8. The molecule has 0 aliphatic rings. The maximum atomic E-state index is 11.8. The molecule has 1 rings (SSSR count). The molecule has 7 heteroatoms. The van der Waals surface area contributed by atoms with E-state index in [-0.39, 0.29) is 0 Å². The number of carboxylic acid groups (broad SMARTS) is 1. The van der Waals surface area contributed by atoms with Crippen LogP contribution in [0.25, 0.3) is 0 Å². The van der Waals surface area contributed by atoms with E-state index in [9.17, 15) is 14.7 Å². The number of aromatic nitrogens is 2. The second-order valence-corrected chi connectivity index (χ2v) is 4.26. The summed E-state index contributed by atoms with van der Waals surface area (Å²) in [5, 5.41) is 18.3. The number of nitrogens with one attached hydrogen (secondary N) is 2. The smallest absolute Gasteiger partial charge is 0.329 e. The van der Waals surface area contributed by atoms with Crippen molar-refractivity contribution in [3.63, 3.8) is 0 Å². The molecule has 0 atom stereocenters. The quantitative estimate of drug-likeness (QED) is 0.731. The Morgan fingerprint density at radius 3 is 2.42 bits per heavy atom. The number of hydrogen-bond acceptors (Lipinski definition) is 3. The third-order valence-corrected chi connectivity index (χ3v) is 3.18. The van der Waals surface area contributed by atoms with Crippen molar-refractivity contribution >= 4 is 17.7 Å². The normalized spacial score (nSPS) is 11.1. The van der Waals surface area contributed by atoms with Crippen molar-refractivity contribution in [1.29, 1.82) is 0 Å². The van der Waals surface area contributed by atoms with E-state index in [1.165, 1.54) is 6.20 Å². The molecule has 0 unspecified atom stereocenters. The van der Waals surface area contributed by atoms with Gasteiger partial charge in [0.1, 0.15) is 5.54 Å². The summed E-state index contributed by atoms with van der Waals surface area (Å²) in [6.07, 6.45) is 3.84. The minimum Gasteiger partial charge on any atom is -0.480 e. The number of nitrogens with zero attached hydrogens (tertiary/aromatic N) is 2. The number of rotatable bonds is 6. The molecule has 2 amide bonds. The van der Waals surface area contributed by atoms with E-state index < -0.39 is 17.5 Å². The van der Waals surface area contributed by atoms with Gasteiger partial charge in [0.15, 0.2) is 0 Å². The summed E-state index contributed by atoms with van der Waals surface area (Å²) in [7, 11) is 0. The molecule has 0 bridgehead atoms. The highest BCUT2D eigenvalue weighted by Crippen LogP contribution is 2.16. The summed E-state index contributed by atoms with van der Waals surface area (Å²) >= 11 is 0. The van der Waals surface area contributed by atoms with Gasteiger partial charge in [-0.05, 0) is 19.8 Å². The van der Waals surface area contributed by atoms with E-state index in [4.69, 9.17) is 0 Å². The number of aliphatic carboxylic acids is 1. The Balaban J connectivity index is 2.70. The Hall–Kier alpha value is -2.05. The van der Waals surface area contributed by atoms with Crippen LogP contribution >= 0.6 is 0 Å². The lowest BCUT2D eigenvalue weighted by Gasteiger charge is -2.27. The fraction of sp³-hybridized carbons (Fsp3) is 0.583. The average molecular weight is 268 g/mol. The topological polar surface area (TPSA) is 96.2 Å².